The number of aliphatic hydroxyl groups excluding tert-OH is 1. The minimum Gasteiger partial charge on any atom is -0.392 e. The molecular weight excluding hydrogens is 340 g/mol. The van der Waals surface area contributed by atoms with Gasteiger partial charge in [-0.3, -0.25) is 4.72 Å². The molecule has 0 heterocycles. The minimum atomic E-state index is -3.97. The van der Waals surface area contributed by atoms with Crippen molar-refractivity contribution in [1.29, 1.82) is 0 Å². The fraction of sp³-hybridized carbons (Fsp3) is 0.0769. The van der Waals surface area contributed by atoms with Gasteiger partial charge in [-0.1, -0.05) is 23.2 Å². The molecule has 0 fully saturated rings. The second-order valence-corrected chi connectivity index (χ2v) is 6.64. The minimum absolute atomic E-state index is 0.0660. The summed E-state index contributed by atoms with van der Waals surface area (Å²) in [7, 11) is -3.97. The maximum Gasteiger partial charge on any atom is 0.261 e. The molecule has 0 amide bonds. The molecule has 112 valence electrons. The molecule has 2 aromatic carbocycles. The molecule has 4 nitrogen and oxygen atoms in total. The van der Waals surface area contributed by atoms with E-state index in [1.165, 1.54) is 24.3 Å². The molecule has 0 atom stereocenters. The number of hydrogen-bond donors (Lipinski definition) is 2. The van der Waals surface area contributed by atoms with Gasteiger partial charge < -0.3 is 5.11 Å². The first-order valence-electron chi connectivity index (χ1n) is 5.70. The molecule has 0 bridgehead atoms. The second kappa shape index (κ2) is 6.19. The maximum absolute atomic E-state index is 13.2. The van der Waals surface area contributed by atoms with Crippen LogP contribution in [0.1, 0.15) is 5.56 Å². The Kier molecular flexibility index (Phi) is 4.73. The quantitative estimate of drug-likeness (QED) is 0.888. The highest BCUT2D eigenvalue weighted by atomic mass is 35.5. The van der Waals surface area contributed by atoms with E-state index < -0.39 is 22.4 Å². The van der Waals surface area contributed by atoms with Crippen molar-refractivity contribution in [2.75, 3.05) is 4.72 Å². The number of benzene rings is 2. The Morgan fingerprint density at radius 3 is 2.43 bits per heavy atom. The van der Waals surface area contributed by atoms with Gasteiger partial charge in [0.2, 0.25) is 0 Å². The van der Waals surface area contributed by atoms with Crippen molar-refractivity contribution in [3.63, 3.8) is 0 Å². The summed E-state index contributed by atoms with van der Waals surface area (Å²) >= 11 is 11.6. The van der Waals surface area contributed by atoms with Crippen LogP contribution in [0.25, 0.3) is 0 Å². The van der Waals surface area contributed by atoms with Gasteiger partial charge in [0.1, 0.15) is 5.82 Å². The zero-order valence-electron chi connectivity index (χ0n) is 10.5. The first-order chi connectivity index (χ1) is 9.83. The van der Waals surface area contributed by atoms with Crippen LogP contribution in [0.3, 0.4) is 0 Å². The lowest BCUT2D eigenvalue weighted by atomic mass is 10.2. The molecule has 2 rings (SSSR count). The van der Waals surface area contributed by atoms with Crippen LogP contribution < -0.4 is 4.72 Å². The van der Waals surface area contributed by atoms with Gasteiger partial charge >= 0.3 is 0 Å². The van der Waals surface area contributed by atoms with Crippen molar-refractivity contribution >= 4 is 38.9 Å². The van der Waals surface area contributed by atoms with Crippen molar-refractivity contribution in [2.24, 2.45) is 0 Å². The Labute approximate surface area is 131 Å². The molecule has 0 unspecified atom stereocenters. The predicted molar refractivity (Wildman–Crippen MR) is 79.6 cm³/mol. The number of anilines is 1. The average molecular weight is 350 g/mol. The lowest BCUT2D eigenvalue weighted by Gasteiger charge is -2.11. The fourth-order valence-electron chi connectivity index (χ4n) is 1.62. The van der Waals surface area contributed by atoms with Gasteiger partial charge in [0.15, 0.2) is 0 Å². The zero-order valence-corrected chi connectivity index (χ0v) is 12.8. The third-order valence-corrected chi connectivity index (χ3v) is 4.73. The molecule has 2 N–H and O–H groups in total. The molecule has 2 aromatic rings. The fourth-order valence-corrected chi connectivity index (χ4v) is 3.14. The van der Waals surface area contributed by atoms with Crippen molar-refractivity contribution in [1.82, 2.24) is 0 Å². The van der Waals surface area contributed by atoms with E-state index >= 15 is 0 Å². The Balaban J connectivity index is 2.41. The Hall–Kier alpha value is -1.34. The molecule has 8 heteroatoms. The highest BCUT2D eigenvalue weighted by Gasteiger charge is 2.17. The number of aliphatic hydroxyl groups is 1. The zero-order chi connectivity index (χ0) is 15.6. The van der Waals surface area contributed by atoms with Crippen LogP contribution in [0.5, 0.6) is 0 Å². The summed E-state index contributed by atoms with van der Waals surface area (Å²) in [6, 6.07) is 7.20. The van der Waals surface area contributed by atoms with E-state index in [1.807, 2.05) is 0 Å². The van der Waals surface area contributed by atoms with Crippen LogP contribution in [0.2, 0.25) is 10.0 Å². The molecular formula is C13H10Cl2FNO3S. The molecule has 0 radical (unpaired) electrons. The van der Waals surface area contributed by atoms with Crippen LogP contribution in [0.15, 0.2) is 41.3 Å². The Morgan fingerprint density at radius 1 is 1.10 bits per heavy atom. The number of sulfonamides is 1. The van der Waals surface area contributed by atoms with Crippen LogP contribution in [0, 0.1) is 5.82 Å². The van der Waals surface area contributed by atoms with Crippen molar-refractivity contribution in [2.45, 2.75) is 11.5 Å². The number of rotatable bonds is 4. The lowest BCUT2D eigenvalue weighted by Crippen LogP contribution is -2.13. The average Bonchev–Trinajstić information content (AvgIpc) is 2.43. The normalized spacial score (nSPS) is 11.4. The highest BCUT2D eigenvalue weighted by Crippen LogP contribution is 2.27. The number of nitrogens with one attached hydrogen (secondary N) is 1. The van der Waals surface area contributed by atoms with Gasteiger partial charge in [0.25, 0.3) is 10.0 Å². The van der Waals surface area contributed by atoms with Gasteiger partial charge in [-0.05, 0) is 42.0 Å². The molecule has 0 aromatic heterocycles. The first kappa shape index (κ1) is 16.0. The molecule has 0 saturated heterocycles. The van der Waals surface area contributed by atoms with Crippen LogP contribution in [-0.2, 0) is 16.6 Å². The third kappa shape index (κ3) is 3.65. The molecule has 0 aliphatic rings. The molecule has 0 aliphatic heterocycles. The predicted octanol–water partition coefficient (Wildman–Crippen LogP) is 3.43. The summed E-state index contributed by atoms with van der Waals surface area (Å²) in [5.41, 5.74) is 0.196. The van der Waals surface area contributed by atoms with E-state index in [4.69, 9.17) is 28.3 Å². The van der Waals surface area contributed by atoms with Crippen LogP contribution in [0.4, 0.5) is 10.1 Å². The van der Waals surface area contributed by atoms with E-state index in [1.54, 1.807) is 0 Å². The van der Waals surface area contributed by atoms with Crippen molar-refractivity contribution < 1.29 is 17.9 Å². The van der Waals surface area contributed by atoms with Crippen molar-refractivity contribution in [3.05, 3.63) is 57.8 Å². The van der Waals surface area contributed by atoms with E-state index in [0.717, 1.165) is 12.1 Å². The molecule has 21 heavy (non-hydrogen) atoms. The van der Waals surface area contributed by atoms with Gasteiger partial charge in [0, 0.05) is 5.02 Å². The molecule has 0 saturated carbocycles. The number of hydrogen-bond acceptors (Lipinski definition) is 3. The van der Waals surface area contributed by atoms with Gasteiger partial charge in [-0.25, -0.2) is 12.8 Å². The molecule has 0 spiro atoms. The van der Waals surface area contributed by atoms with E-state index in [9.17, 15) is 12.8 Å². The van der Waals surface area contributed by atoms with Crippen LogP contribution in [-0.4, -0.2) is 13.5 Å². The topological polar surface area (TPSA) is 66.4 Å². The van der Waals surface area contributed by atoms with Crippen LogP contribution >= 0.6 is 23.2 Å². The first-order valence-corrected chi connectivity index (χ1v) is 7.94. The highest BCUT2D eigenvalue weighted by molar-refractivity contribution is 7.92. The van der Waals surface area contributed by atoms with E-state index in [0.29, 0.717) is 0 Å². The Morgan fingerprint density at radius 2 is 1.76 bits per heavy atom. The monoisotopic (exact) mass is 349 g/mol. The van der Waals surface area contributed by atoms with Gasteiger partial charge in [-0.2, -0.15) is 0 Å². The van der Waals surface area contributed by atoms with Crippen molar-refractivity contribution in [3.8, 4) is 0 Å². The second-order valence-electron chi connectivity index (χ2n) is 4.14. The smallest absolute Gasteiger partial charge is 0.261 e. The SMILES string of the molecule is O=S(=O)(Nc1cc(F)ccc1Cl)c1ccc(Cl)c(CO)c1. The summed E-state index contributed by atoms with van der Waals surface area (Å²) in [6.45, 7) is -0.400. The third-order valence-electron chi connectivity index (χ3n) is 2.67. The molecule has 0 aliphatic carbocycles. The number of halogens is 3. The lowest BCUT2D eigenvalue weighted by molar-refractivity contribution is 0.281. The summed E-state index contributed by atoms with van der Waals surface area (Å²) in [5, 5.41) is 9.42. The summed E-state index contributed by atoms with van der Waals surface area (Å²) in [4.78, 5) is -0.115. The summed E-state index contributed by atoms with van der Waals surface area (Å²) in [6.07, 6.45) is 0. The standard InChI is InChI=1S/C13H10Cl2FNO3S/c14-11-4-2-10(5-8(11)7-18)21(19,20)17-13-6-9(16)1-3-12(13)15/h1-6,17-18H,7H2. The van der Waals surface area contributed by atoms with Gasteiger partial charge in [-0.15, -0.1) is 0 Å². The summed E-state index contributed by atoms with van der Waals surface area (Å²) < 4.78 is 39.8. The Bertz CT molecular complexity index is 781. The van der Waals surface area contributed by atoms with Gasteiger partial charge in [0.05, 0.1) is 22.2 Å². The largest absolute Gasteiger partial charge is 0.392 e. The van der Waals surface area contributed by atoms with E-state index in [2.05, 4.69) is 4.72 Å². The maximum atomic E-state index is 13.2. The van der Waals surface area contributed by atoms with E-state index in [-0.39, 0.29) is 26.2 Å². The summed E-state index contributed by atoms with van der Waals surface area (Å²) in [5.74, 6) is -0.621.